The van der Waals surface area contributed by atoms with Crippen LogP contribution in [0.5, 0.6) is 0 Å². The van der Waals surface area contributed by atoms with Gasteiger partial charge in [0.1, 0.15) is 0 Å². The molecule has 0 aliphatic carbocycles. The zero-order valence-electron chi connectivity index (χ0n) is 12.9. The second-order valence-corrected chi connectivity index (χ2v) is 6.59. The minimum absolute atomic E-state index is 0.0581. The molecule has 1 atom stereocenters. The Morgan fingerprint density at radius 1 is 1.30 bits per heavy atom. The first-order valence-electron chi connectivity index (χ1n) is 7.77. The zero-order valence-corrected chi connectivity index (χ0v) is 12.9. The summed E-state index contributed by atoms with van der Waals surface area (Å²) in [7, 11) is 0. The van der Waals surface area contributed by atoms with Crippen LogP contribution in [0.2, 0.25) is 0 Å². The summed E-state index contributed by atoms with van der Waals surface area (Å²) < 4.78 is 0. The fourth-order valence-corrected chi connectivity index (χ4v) is 3.04. The maximum atomic E-state index is 12.3. The van der Waals surface area contributed by atoms with Gasteiger partial charge in [0, 0.05) is 25.0 Å². The van der Waals surface area contributed by atoms with E-state index in [0.29, 0.717) is 0 Å². The molecule has 0 radical (unpaired) electrons. The summed E-state index contributed by atoms with van der Waals surface area (Å²) in [6, 6.07) is 0.206. The van der Waals surface area contributed by atoms with Crippen LogP contribution in [0.1, 0.15) is 46.5 Å². The first-order chi connectivity index (χ1) is 9.42. The Hall–Kier alpha value is -1.10. The van der Waals surface area contributed by atoms with E-state index in [-0.39, 0.29) is 23.8 Å². The van der Waals surface area contributed by atoms with Gasteiger partial charge >= 0.3 is 0 Å². The van der Waals surface area contributed by atoms with Crippen molar-refractivity contribution in [3.05, 3.63) is 0 Å². The second-order valence-electron chi connectivity index (χ2n) is 6.59. The number of nitrogens with zero attached hydrogens (tertiary/aromatic N) is 1. The SMILES string of the molecule is CC(C)C(=O)N1CCC(NC(=O)C2(C)CCCN2)CC1. The van der Waals surface area contributed by atoms with Crippen molar-refractivity contribution in [2.45, 2.75) is 58.0 Å². The quantitative estimate of drug-likeness (QED) is 0.808. The fourth-order valence-electron chi connectivity index (χ4n) is 3.04. The molecule has 0 saturated carbocycles. The Labute approximate surface area is 121 Å². The number of rotatable bonds is 3. The Kier molecular flexibility index (Phi) is 4.68. The molecule has 2 heterocycles. The van der Waals surface area contributed by atoms with Gasteiger partial charge in [0.15, 0.2) is 0 Å². The van der Waals surface area contributed by atoms with Crippen molar-refractivity contribution in [1.29, 1.82) is 0 Å². The minimum Gasteiger partial charge on any atom is -0.352 e. The molecule has 2 fully saturated rings. The van der Waals surface area contributed by atoms with Gasteiger partial charge in [0.2, 0.25) is 11.8 Å². The lowest BCUT2D eigenvalue weighted by molar-refractivity contribution is -0.135. The van der Waals surface area contributed by atoms with Gasteiger partial charge in [-0.3, -0.25) is 9.59 Å². The van der Waals surface area contributed by atoms with Gasteiger partial charge in [-0.05, 0) is 39.2 Å². The highest BCUT2D eigenvalue weighted by Crippen LogP contribution is 2.20. The third-order valence-corrected chi connectivity index (χ3v) is 4.51. The normalized spacial score (nSPS) is 27.9. The van der Waals surface area contributed by atoms with Crippen molar-refractivity contribution in [2.75, 3.05) is 19.6 Å². The van der Waals surface area contributed by atoms with Gasteiger partial charge in [-0.15, -0.1) is 0 Å². The number of likely N-dealkylation sites (tertiary alicyclic amines) is 1. The third kappa shape index (κ3) is 3.32. The molecule has 114 valence electrons. The van der Waals surface area contributed by atoms with E-state index in [1.165, 1.54) is 0 Å². The third-order valence-electron chi connectivity index (χ3n) is 4.51. The van der Waals surface area contributed by atoms with Crippen molar-refractivity contribution in [1.82, 2.24) is 15.5 Å². The molecule has 2 rings (SSSR count). The number of amides is 2. The summed E-state index contributed by atoms with van der Waals surface area (Å²) in [5.41, 5.74) is -0.398. The topological polar surface area (TPSA) is 61.4 Å². The van der Waals surface area contributed by atoms with Crippen LogP contribution in [-0.2, 0) is 9.59 Å². The number of nitrogens with one attached hydrogen (secondary N) is 2. The minimum atomic E-state index is -0.398. The number of hydrogen-bond acceptors (Lipinski definition) is 3. The van der Waals surface area contributed by atoms with Crippen LogP contribution < -0.4 is 10.6 Å². The number of piperidine rings is 1. The molecule has 0 aromatic carbocycles. The average molecular weight is 281 g/mol. The molecule has 5 heteroatoms. The van der Waals surface area contributed by atoms with Gasteiger partial charge in [-0.25, -0.2) is 0 Å². The van der Waals surface area contributed by atoms with Gasteiger partial charge < -0.3 is 15.5 Å². The highest BCUT2D eigenvalue weighted by molar-refractivity contribution is 5.86. The summed E-state index contributed by atoms with van der Waals surface area (Å²) in [4.78, 5) is 26.1. The van der Waals surface area contributed by atoms with Gasteiger partial charge in [0.05, 0.1) is 5.54 Å². The molecule has 2 N–H and O–H groups in total. The maximum absolute atomic E-state index is 12.3. The molecule has 0 bridgehead atoms. The number of hydrogen-bond donors (Lipinski definition) is 2. The van der Waals surface area contributed by atoms with Crippen LogP contribution >= 0.6 is 0 Å². The molecule has 20 heavy (non-hydrogen) atoms. The van der Waals surface area contributed by atoms with Crippen LogP contribution in [-0.4, -0.2) is 47.9 Å². The fraction of sp³-hybridized carbons (Fsp3) is 0.867. The van der Waals surface area contributed by atoms with Crippen molar-refractivity contribution < 1.29 is 9.59 Å². The first-order valence-corrected chi connectivity index (χ1v) is 7.77. The van der Waals surface area contributed by atoms with Crippen molar-refractivity contribution >= 4 is 11.8 Å². The van der Waals surface area contributed by atoms with E-state index < -0.39 is 5.54 Å². The lowest BCUT2D eigenvalue weighted by Crippen LogP contribution is -2.56. The molecule has 0 aromatic rings. The van der Waals surface area contributed by atoms with Crippen LogP contribution in [0.25, 0.3) is 0 Å². The molecular formula is C15H27N3O2. The molecule has 0 aromatic heterocycles. The Balaban J connectivity index is 1.80. The van der Waals surface area contributed by atoms with Crippen LogP contribution in [0, 0.1) is 5.92 Å². The molecular weight excluding hydrogens is 254 g/mol. The van der Waals surface area contributed by atoms with Crippen LogP contribution in [0.15, 0.2) is 0 Å². The van der Waals surface area contributed by atoms with Crippen molar-refractivity contribution in [3.8, 4) is 0 Å². The summed E-state index contributed by atoms with van der Waals surface area (Å²) in [5, 5.41) is 6.44. The van der Waals surface area contributed by atoms with Crippen molar-refractivity contribution in [2.24, 2.45) is 5.92 Å². The predicted molar refractivity (Wildman–Crippen MR) is 78.2 cm³/mol. The first kappa shape index (κ1) is 15.3. The van der Waals surface area contributed by atoms with Crippen LogP contribution in [0.3, 0.4) is 0 Å². The summed E-state index contributed by atoms with van der Waals surface area (Å²) in [6.45, 7) is 8.28. The Morgan fingerprint density at radius 2 is 1.95 bits per heavy atom. The standard InChI is InChI=1S/C15H27N3O2/c1-11(2)13(19)18-9-5-12(6-10-18)17-14(20)15(3)7-4-8-16-15/h11-12,16H,4-10H2,1-3H3,(H,17,20). The van der Waals surface area contributed by atoms with Gasteiger partial charge in [0.25, 0.3) is 0 Å². The van der Waals surface area contributed by atoms with E-state index in [2.05, 4.69) is 10.6 Å². The molecule has 2 amide bonds. The zero-order chi connectivity index (χ0) is 14.8. The summed E-state index contributed by atoms with van der Waals surface area (Å²) in [6.07, 6.45) is 3.69. The maximum Gasteiger partial charge on any atom is 0.240 e. The largest absolute Gasteiger partial charge is 0.352 e. The number of carbonyl (C=O) groups is 2. The van der Waals surface area contributed by atoms with E-state index in [0.717, 1.165) is 45.3 Å². The molecule has 2 saturated heterocycles. The molecule has 2 aliphatic rings. The van der Waals surface area contributed by atoms with E-state index in [1.807, 2.05) is 25.7 Å². The monoisotopic (exact) mass is 281 g/mol. The molecule has 0 spiro atoms. The molecule has 5 nitrogen and oxygen atoms in total. The van der Waals surface area contributed by atoms with E-state index in [1.54, 1.807) is 0 Å². The lowest BCUT2D eigenvalue weighted by atomic mass is 9.97. The smallest absolute Gasteiger partial charge is 0.240 e. The molecule has 2 aliphatic heterocycles. The van der Waals surface area contributed by atoms with Crippen molar-refractivity contribution in [3.63, 3.8) is 0 Å². The van der Waals surface area contributed by atoms with E-state index in [9.17, 15) is 9.59 Å². The van der Waals surface area contributed by atoms with E-state index in [4.69, 9.17) is 0 Å². The number of carbonyl (C=O) groups excluding carboxylic acids is 2. The lowest BCUT2D eigenvalue weighted by Gasteiger charge is -2.35. The molecule has 1 unspecified atom stereocenters. The highest BCUT2D eigenvalue weighted by Gasteiger charge is 2.37. The van der Waals surface area contributed by atoms with Gasteiger partial charge in [-0.2, -0.15) is 0 Å². The predicted octanol–water partition coefficient (Wildman–Crippen LogP) is 0.892. The van der Waals surface area contributed by atoms with Gasteiger partial charge in [-0.1, -0.05) is 13.8 Å². The summed E-state index contributed by atoms with van der Waals surface area (Å²) >= 11 is 0. The van der Waals surface area contributed by atoms with Crippen LogP contribution in [0.4, 0.5) is 0 Å². The Bertz CT molecular complexity index is 367. The average Bonchev–Trinajstić information content (AvgIpc) is 2.87. The van der Waals surface area contributed by atoms with E-state index >= 15 is 0 Å². The Morgan fingerprint density at radius 3 is 2.45 bits per heavy atom. The summed E-state index contributed by atoms with van der Waals surface area (Å²) in [5.74, 6) is 0.394. The highest BCUT2D eigenvalue weighted by atomic mass is 16.2. The second kappa shape index (κ2) is 6.12.